The average Bonchev–Trinajstić information content (AvgIpc) is 2.23. The number of benzene rings is 1. The van der Waals surface area contributed by atoms with E-state index in [0.29, 0.717) is 12.2 Å². The van der Waals surface area contributed by atoms with Crippen LogP contribution < -0.4 is 0 Å². The number of Topliss-reactive ketones (excluding diaryl/α,β-unsaturated/α-hetero) is 1. The van der Waals surface area contributed by atoms with Crippen LogP contribution >= 0.6 is 15.9 Å². The van der Waals surface area contributed by atoms with E-state index in [2.05, 4.69) is 48.0 Å². The maximum Gasteiger partial charge on any atom is 0.146 e. The van der Waals surface area contributed by atoms with Gasteiger partial charge in [-0.1, -0.05) is 46.6 Å². The van der Waals surface area contributed by atoms with Gasteiger partial charge in [-0.05, 0) is 37.8 Å². The third-order valence-electron chi connectivity index (χ3n) is 2.75. The van der Waals surface area contributed by atoms with Crippen molar-refractivity contribution < 1.29 is 4.79 Å². The van der Waals surface area contributed by atoms with Crippen molar-refractivity contribution in [1.29, 1.82) is 0 Å². The molecule has 0 aliphatic rings. The van der Waals surface area contributed by atoms with Crippen LogP contribution in [0.2, 0.25) is 0 Å². The topological polar surface area (TPSA) is 17.1 Å². The predicted octanol–water partition coefficient (Wildman–Crippen LogP) is 3.98. The number of ketones is 1. The van der Waals surface area contributed by atoms with Crippen LogP contribution in [0.15, 0.2) is 18.2 Å². The van der Waals surface area contributed by atoms with E-state index >= 15 is 0 Å². The zero-order valence-corrected chi connectivity index (χ0v) is 11.8. The van der Waals surface area contributed by atoms with Crippen molar-refractivity contribution in [1.82, 2.24) is 0 Å². The number of hydrogen-bond donors (Lipinski definition) is 0. The standard InChI is InChI=1S/C14H19BrO/c1-4-5-14(16)13(15)9-12-8-10(2)6-7-11(12)3/h6-8,13H,4-5,9H2,1-3H3. The van der Waals surface area contributed by atoms with E-state index in [9.17, 15) is 4.79 Å². The van der Waals surface area contributed by atoms with Gasteiger partial charge >= 0.3 is 0 Å². The SMILES string of the molecule is CCCC(=O)C(Br)Cc1cc(C)ccc1C. The van der Waals surface area contributed by atoms with Crippen LogP contribution in [-0.4, -0.2) is 10.6 Å². The number of carbonyl (C=O) groups is 1. The van der Waals surface area contributed by atoms with Gasteiger partial charge < -0.3 is 0 Å². The molecule has 16 heavy (non-hydrogen) atoms. The maximum atomic E-state index is 11.7. The zero-order chi connectivity index (χ0) is 12.1. The van der Waals surface area contributed by atoms with Crippen LogP contribution in [0, 0.1) is 13.8 Å². The lowest BCUT2D eigenvalue weighted by Crippen LogP contribution is -2.16. The summed E-state index contributed by atoms with van der Waals surface area (Å²) in [5.74, 6) is 0.309. The summed E-state index contributed by atoms with van der Waals surface area (Å²) in [5.41, 5.74) is 3.79. The Kier molecular flexibility index (Phi) is 5.20. The fraction of sp³-hybridized carbons (Fsp3) is 0.500. The van der Waals surface area contributed by atoms with Gasteiger partial charge in [-0.2, -0.15) is 0 Å². The molecule has 0 aromatic heterocycles. The first-order chi connectivity index (χ1) is 7.54. The van der Waals surface area contributed by atoms with E-state index in [4.69, 9.17) is 0 Å². The van der Waals surface area contributed by atoms with Crippen molar-refractivity contribution in [2.45, 2.75) is 44.9 Å². The van der Waals surface area contributed by atoms with Gasteiger partial charge in [0.2, 0.25) is 0 Å². The molecule has 0 spiro atoms. The number of aryl methyl sites for hydroxylation is 2. The van der Waals surface area contributed by atoms with Gasteiger partial charge in [-0.25, -0.2) is 0 Å². The lowest BCUT2D eigenvalue weighted by Gasteiger charge is -2.11. The second-order valence-electron chi connectivity index (χ2n) is 4.32. The summed E-state index contributed by atoms with van der Waals surface area (Å²) < 4.78 is 0. The highest BCUT2D eigenvalue weighted by atomic mass is 79.9. The number of halogens is 1. The molecule has 1 nitrogen and oxygen atoms in total. The molecule has 0 amide bonds. The summed E-state index contributed by atoms with van der Waals surface area (Å²) in [6.07, 6.45) is 2.39. The molecule has 88 valence electrons. The Morgan fingerprint density at radius 1 is 1.38 bits per heavy atom. The molecule has 0 saturated carbocycles. The first-order valence-corrected chi connectivity index (χ1v) is 6.69. The normalized spacial score (nSPS) is 12.5. The summed E-state index contributed by atoms with van der Waals surface area (Å²) in [6.45, 7) is 6.22. The Labute approximate surface area is 106 Å². The van der Waals surface area contributed by atoms with Crippen LogP contribution in [0.4, 0.5) is 0 Å². The first kappa shape index (κ1) is 13.4. The summed E-state index contributed by atoms with van der Waals surface area (Å²) >= 11 is 3.49. The Balaban J connectivity index is 2.72. The smallest absolute Gasteiger partial charge is 0.146 e. The molecule has 1 aromatic carbocycles. The minimum absolute atomic E-state index is 0.0343. The highest BCUT2D eigenvalue weighted by molar-refractivity contribution is 9.10. The number of hydrogen-bond acceptors (Lipinski definition) is 1. The second kappa shape index (κ2) is 6.19. The molecule has 0 saturated heterocycles. The van der Waals surface area contributed by atoms with Gasteiger partial charge in [-0.15, -0.1) is 0 Å². The van der Waals surface area contributed by atoms with Crippen LogP contribution in [0.5, 0.6) is 0 Å². The van der Waals surface area contributed by atoms with Gasteiger partial charge in [0.1, 0.15) is 5.78 Å². The van der Waals surface area contributed by atoms with Crippen LogP contribution in [0.25, 0.3) is 0 Å². The summed E-state index contributed by atoms with van der Waals surface area (Å²) in [6, 6.07) is 6.40. The molecule has 1 unspecified atom stereocenters. The maximum absolute atomic E-state index is 11.7. The Bertz CT molecular complexity index is 371. The van der Waals surface area contributed by atoms with E-state index in [1.807, 2.05) is 6.92 Å². The van der Waals surface area contributed by atoms with Crippen LogP contribution in [-0.2, 0) is 11.2 Å². The van der Waals surface area contributed by atoms with E-state index in [1.54, 1.807) is 0 Å². The molecule has 0 fully saturated rings. The summed E-state index contributed by atoms with van der Waals surface area (Å²) in [7, 11) is 0. The quantitative estimate of drug-likeness (QED) is 0.747. The van der Waals surface area contributed by atoms with Gasteiger partial charge in [-0.3, -0.25) is 4.79 Å². The van der Waals surface area contributed by atoms with Crippen molar-refractivity contribution in [2.24, 2.45) is 0 Å². The van der Waals surface area contributed by atoms with Crippen molar-refractivity contribution >= 4 is 21.7 Å². The third-order valence-corrected chi connectivity index (χ3v) is 3.58. The minimum Gasteiger partial charge on any atom is -0.298 e. The summed E-state index contributed by atoms with van der Waals surface area (Å²) in [5, 5.41) is 0. The van der Waals surface area contributed by atoms with Gasteiger partial charge in [0.15, 0.2) is 0 Å². The predicted molar refractivity (Wildman–Crippen MR) is 72.3 cm³/mol. The molecule has 2 heteroatoms. The molecule has 0 aliphatic heterocycles. The van der Waals surface area contributed by atoms with Crippen LogP contribution in [0.1, 0.15) is 36.5 Å². The molecule has 1 atom stereocenters. The lowest BCUT2D eigenvalue weighted by molar-refractivity contribution is -0.118. The zero-order valence-electron chi connectivity index (χ0n) is 10.2. The molecule has 0 heterocycles. The number of alkyl halides is 1. The van der Waals surface area contributed by atoms with E-state index in [-0.39, 0.29) is 4.83 Å². The van der Waals surface area contributed by atoms with Crippen LogP contribution in [0.3, 0.4) is 0 Å². The Morgan fingerprint density at radius 3 is 2.69 bits per heavy atom. The van der Waals surface area contributed by atoms with Gasteiger partial charge in [0, 0.05) is 6.42 Å². The fourth-order valence-corrected chi connectivity index (χ4v) is 2.31. The molecule has 1 rings (SSSR count). The highest BCUT2D eigenvalue weighted by Crippen LogP contribution is 2.17. The second-order valence-corrected chi connectivity index (χ2v) is 5.42. The van der Waals surface area contributed by atoms with E-state index in [1.165, 1.54) is 16.7 Å². The van der Waals surface area contributed by atoms with E-state index < -0.39 is 0 Å². The molecule has 1 aromatic rings. The third kappa shape index (κ3) is 3.75. The first-order valence-electron chi connectivity index (χ1n) is 5.77. The Hall–Kier alpha value is -0.630. The van der Waals surface area contributed by atoms with Crippen molar-refractivity contribution in [3.63, 3.8) is 0 Å². The average molecular weight is 283 g/mol. The summed E-state index contributed by atoms with van der Waals surface area (Å²) in [4.78, 5) is 11.7. The number of carbonyl (C=O) groups excluding carboxylic acids is 1. The lowest BCUT2D eigenvalue weighted by atomic mass is 9.99. The van der Waals surface area contributed by atoms with Crippen molar-refractivity contribution in [3.8, 4) is 0 Å². The number of rotatable bonds is 5. The minimum atomic E-state index is -0.0343. The van der Waals surface area contributed by atoms with E-state index in [0.717, 1.165) is 12.8 Å². The molecule has 0 bridgehead atoms. The van der Waals surface area contributed by atoms with Crippen molar-refractivity contribution in [3.05, 3.63) is 34.9 Å². The molecular formula is C14H19BrO. The van der Waals surface area contributed by atoms with Crippen molar-refractivity contribution in [2.75, 3.05) is 0 Å². The van der Waals surface area contributed by atoms with Gasteiger partial charge in [0.05, 0.1) is 4.83 Å². The monoisotopic (exact) mass is 282 g/mol. The van der Waals surface area contributed by atoms with Gasteiger partial charge in [0.25, 0.3) is 0 Å². The fourth-order valence-electron chi connectivity index (χ4n) is 1.73. The molecular weight excluding hydrogens is 264 g/mol. The Morgan fingerprint density at radius 2 is 2.06 bits per heavy atom. The largest absolute Gasteiger partial charge is 0.298 e. The highest BCUT2D eigenvalue weighted by Gasteiger charge is 2.15. The molecule has 0 N–H and O–H groups in total. The molecule has 0 radical (unpaired) electrons. The molecule has 0 aliphatic carbocycles.